The monoisotopic (exact) mass is 142 g/mol. The zero-order valence-electron chi connectivity index (χ0n) is 6.50. The van der Waals surface area contributed by atoms with Crippen LogP contribution in [0.1, 0.15) is 20.3 Å². The van der Waals surface area contributed by atoms with Gasteiger partial charge in [0.2, 0.25) is 0 Å². The number of carbonyl (C=O) groups is 1. The normalized spacial score (nSPS) is 8.20. The molecule has 10 heavy (non-hydrogen) atoms. The Hall–Kier alpha value is -1.05. The summed E-state index contributed by atoms with van der Waals surface area (Å²) < 4.78 is 0. The minimum Gasteiger partial charge on any atom is -0.478 e. The topological polar surface area (TPSA) is 37.3 Å². The van der Waals surface area contributed by atoms with Crippen LogP contribution in [0.3, 0.4) is 0 Å². The van der Waals surface area contributed by atoms with Crippen LogP contribution >= 0.6 is 0 Å². The summed E-state index contributed by atoms with van der Waals surface area (Å²) in [7, 11) is 0. The van der Waals surface area contributed by atoms with E-state index in [0.717, 1.165) is 12.5 Å². The average molecular weight is 142 g/mol. The van der Waals surface area contributed by atoms with Crippen LogP contribution in [0, 0.1) is 0 Å². The summed E-state index contributed by atoms with van der Waals surface area (Å²) in [5.41, 5.74) is 0. The number of carboxylic acid groups (broad SMARTS) is 1. The molecular formula is C8H14O2. The molecule has 0 saturated carbocycles. The van der Waals surface area contributed by atoms with Crippen molar-refractivity contribution in [2.75, 3.05) is 0 Å². The summed E-state index contributed by atoms with van der Waals surface area (Å²) in [6, 6.07) is 0. The molecule has 0 rings (SSSR count). The van der Waals surface area contributed by atoms with Crippen LogP contribution in [0.15, 0.2) is 24.8 Å². The highest BCUT2D eigenvalue weighted by Gasteiger charge is 1.73. The largest absolute Gasteiger partial charge is 0.478 e. The van der Waals surface area contributed by atoms with Gasteiger partial charge in [0.05, 0.1) is 0 Å². The number of rotatable bonds is 2. The molecule has 1 N–H and O–H groups in total. The highest BCUT2D eigenvalue weighted by molar-refractivity contribution is 5.78. The summed E-state index contributed by atoms with van der Waals surface area (Å²) in [6.45, 7) is 7.12. The molecule has 0 aromatic rings. The quantitative estimate of drug-likeness (QED) is 0.474. The van der Waals surface area contributed by atoms with Gasteiger partial charge in [-0.25, -0.2) is 4.79 Å². The van der Waals surface area contributed by atoms with Crippen molar-refractivity contribution in [1.82, 2.24) is 0 Å². The average Bonchev–Trinajstić information content (AvgIpc) is 1.91. The van der Waals surface area contributed by atoms with E-state index in [2.05, 4.69) is 25.7 Å². The summed E-state index contributed by atoms with van der Waals surface area (Å²) in [5, 5.41) is 7.60. The fourth-order valence-electron chi connectivity index (χ4n) is 0.236. The first-order chi connectivity index (χ1) is 4.68. The Bertz CT molecular complexity index is 114. The van der Waals surface area contributed by atoms with Gasteiger partial charge in [0, 0.05) is 6.08 Å². The lowest BCUT2D eigenvalue weighted by atomic mass is 10.4. The molecule has 0 aliphatic rings. The first-order valence-corrected chi connectivity index (χ1v) is 3.15. The van der Waals surface area contributed by atoms with Gasteiger partial charge < -0.3 is 5.11 Å². The fraction of sp³-hybridized carbons (Fsp3) is 0.375. The van der Waals surface area contributed by atoms with Crippen molar-refractivity contribution in [2.45, 2.75) is 20.3 Å². The third-order valence-electron chi connectivity index (χ3n) is 0.646. The van der Waals surface area contributed by atoms with Gasteiger partial charge in [0.15, 0.2) is 0 Å². The number of carboxylic acids is 1. The Kier molecular flexibility index (Phi) is 12.7. The summed E-state index contributed by atoms with van der Waals surface area (Å²) in [6.07, 6.45) is 6.18. The van der Waals surface area contributed by atoms with E-state index >= 15 is 0 Å². The lowest BCUT2D eigenvalue weighted by Crippen LogP contribution is -1.82. The maximum atomic E-state index is 9.25. The fourth-order valence-corrected chi connectivity index (χ4v) is 0.236. The van der Waals surface area contributed by atoms with Crippen LogP contribution in [0.2, 0.25) is 0 Å². The maximum Gasteiger partial charge on any atom is 0.327 e. The SMILES string of the molecule is C=CC(=O)O.CC=CCC. The highest BCUT2D eigenvalue weighted by Crippen LogP contribution is 1.73. The minimum absolute atomic E-state index is 0.833. The predicted octanol–water partition coefficient (Wildman–Crippen LogP) is 2.23. The van der Waals surface area contributed by atoms with E-state index in [1.165, 1.54) is 0 Å². The molecule has 0 fully saturated rings. The van der Waals surface area contributed by atoms with Gasteiger partial charge in [-0.15, -0.1) is 0 Å². The number of hydrogen-bond acceptors (Lipinski definition) is 1. The lowest BCUT2D eigenvalue weighted by molar-refractivity contribution is -0.131. The molecule has 0 aromatic heterocycles. The molecule has 2 heteroatoms. The number of aliphatic carboxylic acids is 1. The second-order valence-corrected chi connectivity index (χ2v) is 1.52. The third kappa shape index (κ3) is 28.3. The molecule has 0 aliphatic carbocycles. The second kappa shape index (κ2) is 10.8. The number of hydrogen-bond donors (Lipinski definition) is 1. The van der Waals surface area contributed by atoms with Gasteiger partial charge in [0.25, 0.3) is 0 Å². The zero-order chi connectivity index (χ0) is 8.41. The molecule has 0 aromatic carbocycles. The van der Waals surface area contributed by atoms with E-state index in [-0.39, 0.29) is 0 Å². The maximum absolute atomic E-state index is 9.25. The molecule has 0 amide bonds. The Morgan fingerprint density at radius 1 is 1.70 bits per heavy atom. The Morgan fingerprint density at radius 2 is 2.10 bits per heavy atom. The van der Waals surface area contributed by atoms with Crippen molar-refractivity contribution in [3.8, 4) is 0 Å². The smallest absolute Gasteiger partial charge is 0.327 e. The molecule has 2 nitrogen and oxygen atoms in total. The van der Waals surface area contributed by atoms with Crippen LogP contribution in [-0.2, 0) is 4.79 Å². The minimum atomic E-state index is -0.981. The van der Waals surface area contributed by atoms with Crippen molar-refractivity contribution in [3.05, 3.63) is 24.8 Å². The van der Waals surface area contributed by atoms with Crippen LogP contribution in [0.4, 0.5) is 0 Å². The Labute approximate surface area is 61.9 Å². The molecule has 58 valence electrons. The second-order valence-electron chi connectivity index (χ2n) is 1.52. The van der Waals surface area contributed by atoms with E-state index in [4.69, 9.17) is 5.11 Å². The van der Waals surface area contributed by atoms with E-state index in [1.807, 2.05) is 6.92 Å². The van der Waals surface area contributed by atoms with E-state index in [0.29, 0.717) is 0 Å². The molecule has 0 radical (unpaired) electrons. The van der Waals surface area contributed by atoms with Gasteiger partial charge in [-0.05, 0) is 13.3 Å². The van der Waals surface area contributed by atoms with E-state index in [9.17, 15) is 4.79 Å². The molecule has 0 bridgehead atoms. The first kappa shape index (κ1) is 11.7. The van der Waals surface area contributed by atoms with Crippen LogP contribution in [0.5, 0.6) is 0 Å². The third-order valence-corrected chi connectivity index (χ3v) is 0.646. The Balaban J connectivity index is 0. The lowest BCUT2D eigenvalue weighted by Gasteiger charge is -1.65. The van der Waals surface area contributed by atoms with Crippen molar-refractivity contribution >= 4 is 5.97 Å². The highest BCUT2D eigenvalue weighted by atomic mass is 16.4. The molecule has 0 spiro atoms. The Morgan fingerprint density at radius 3 is 2.10 bits per heavy atom. The number of allylic oxidation sites excluding steroid dienone is 2. The van der Waals surface area contributed by atoms with Gasteiger partial charge in [-0.3, -0.25) is 0 Å². The molecule has 0 aliphatic heterocycles. The summed E-state index contributed by atoms with van der Waals surface area (Å²) in [4.78, 5) is 9.25. The standard InChI is InChI=1S/C5H10.C3H4O2/c1-3-5-4-2;1-2-3(4)5/h3,5H,4H2,1-2H3;2H,1H2,(H,4,5). The summed E-state index contributed by atoms with van der Waals surface area (Å²) in [5.74, 6) is -0.981. The van der Waals surface area contributed by atoms with Gasteiger partial charge in [-0.2, -0.15) is 0 Å². The molecular weight excluding hydrogens is 128 g/mol. The van der Waals surface area contributed by atoms with Crippen LogP contribution in [-0.4, -0.2) is 11.1 Å². The molecule has 0 heterocycles. The van der Waals surface area contributed by atoms with Gasteiger partial charge in [0.1, 0.15) is 0 Å². The van der Waals surface area contributed by atoms with E-state index in [1.54, 1.807) is 0 Å². The van der Waals surface area contributed by atoms with Gasteiger partial charge in [-0.1, -0.05) is 25.7 Å². The van der Waals surface area contributed by atoms with Gasteiger partial charge >= 0.3 is 5.97 Å². The molecule has 0 unspecified atom stereocenters. The zero-order valence-corrected chi connectivity index (χ0v) is 6.50. The van der Waals surface area contributed by atoms with Crippen LogP contribution < -0.4 is 0 Å². The molecule has 0 atom stereocenters. The molecule has 0 saturated heterocycles. The van der Waals surface area contributed by atoms with Crippen molar-refractivity contribution in [1.29, 1.82) is 0 Å². The van der Waals surface area contributed by atoms with E-state index < -0.39 is 5.97 Å². The predicted molar refractivity (Wildman–Crippen MR) is 42.9 cm³/mol. The van der Waals surface area contributed by atoms with Crippen LogP contribution in [0.25, 0.3) is 0 Å². The summed E-state index contributed by atoms with van der Waals surface area (Å²) >= 11 is 0. The first-order valence-electron chi connectivity index (χ1n) is 3.15. The van der Waals surface area contributed by atoms with Crippen molar-refractivity contribution in [3.63, 3.8) is 0 Å². The van der Waals surface area contributed by atoms with Crippen molar-refractivity contribution in [2.24, 2.45) is 0 Å². The van der Waals surface area contributed by atoms with Crippen molar-refractivity contribution < 1.29 is 9.90 Å².